The lowest BCUT2D eigenvalue weighted by atomic mass is 9.79. The number of carbonyl (C=O) groups is 1. The quantitative estimate of drug-likeness (QED) is 0.832. The van der Waals surface area contributed by atoms with Gasteiger partial charge in [0.25, 0.3) is 0 Å². The van der Waals surface area contributed by atoms with Gasteiger partial charge in [0.1, 0.15) is 5.82 Å². The third-order valence-corrected chi connectivity index (χ3v) is 2.51. The molecule has 0 atom stereocenters. The fourth-order valence-electron chi connectivity index (χ4n) is 1.86. The number of hydrogen-bond acceptors (Lipinski definition) is 1. The highest BCUT2D eigenvalue weighted by atomic mass is 19.1. The summed E-state index contributed by atoms with van der Waals surface area (Å²) >= 11 is 0. The van der Waals surface area contributed by atoms with Crippen LogP contribution in [0.2, 0.25) is 0 Å². The number of rotatable bonds is 3. The molecule has 0 fully saturated rings. The first-order valence-electron chi connectivity index (χ1n) is 4.81. The van der Waals surface area contributed by atoms with Crippen LogP contribution >= 0.6 is 0 Å². The molecular weight excluding hydrogens is 195 g/mol. The Labute approximate surface area is 88.7 Å². The molecule has 0 saturated heterocycles. The molecule has 0 aliphatic rings. The topological polar surface area (TPSA) is 37.3 Å². The van der Waals surface area contributed by atoms with E-state index in [2.05, 4.69) is 0 Å². The Kier molecular flexibility index (Phi) is 3.12. The Bertz CT molecular complexity index is 383. The summed E-state index contributed by atoms with van der Waals surface area (Å²) in [5.41, 5.74) is 1.21. The van der Waals surface area contributed by atoms with Crippen molar-refractivity contribution in [3.05, 3.63) is 35.1 Å². The van der Waals surface area contributed by atoms with E-state index >= 15 is 0 Å². The first-order valence-corrected chi connectivity index (χ1v) is 4.81. The lowest BCUT2D eigenvalue weighted by molar-refractivity contribution is -0.138. The van der Waals surface area contributed by atoms with Crippen LogP contribution in [0.15, 0.2) is 18.2 Å². The standard InChI is InChI=1S/C12H15FO2/c1-8-6-9(13)4-5-10(8)12(2,3)7-11(14)15/h4-6H,7H2,1-3H3,(H,14,15). The molecule has 0 saturated carbocycles. The van der Waals surface area contributed by atoms with Gasteiger partial charge >= 0.3 is 5.97 Å². The van der Waals surface area contributed by atoms with E-state index in [-0.39, 0.29) is 12.2 Å². The van der Waals surface area contributed by atoms with Crippen molar-refractivity contribution in [2.75, 3.05) is 0 Å². The molecule has 1 N–H and O–H groups in total. The van der Waals surface area contributed by atoms with Crippen molar-refractivity contribution in [1.29, 1.82) is 0 Å². The van der Waals surface area contributed by atoms with E-state index in [1.165, 1.54) is 12.1 Å². The van der Waals surface area contributed by atoms with Crippen LogP contribution in [0, 0.1) is 12.7 Å². The van der Waals surface area contributed by atoms with Crippen molar-refractivity contribution in [2.24, 2.45) is 0 Å². The minimum absolute atomic E-state index is 0.0411. The summed E-state index contributed by atoms with van der Waals surface area (Å²) in [6.45, 7) is 5.49. The first kappa shape index (κ1) is 11.7. The fraction of sp³-hybridized carbons (Fsp3) is 0.417. The summed E-state index contributed by atoms with van der Waals surface area (Å²) in [6, 6.07) is 4.46. The number of benzene rings is 1. The average Bonchev–Trinajstić information content (AvgIpc) is 1.99. The minimum Gasteiger partial charge on any atom is -0.481 e. The third kappa shape index (κ3) is 2.78. The second-order valence-corrected chi connectivity index (χ2v) is 4.41. The van der Waals surface area contributed by atoms with Crippen LogP contribution in [0.4, 0.5) is 4.39 Å². The number of carboxylic acids is 1. The van der Waals surface area contributed by atoms with Crippen LogP contribution in [0.25, 0.3) is 0 Å². The number of carboxylic acid groups (broad SMARTS) is 1. The van der Waals surface area contributed by atoms with E-state index in [1.54, 1.807) is 13.0 Å². The number of aryl methyl sites for hydroxylation is 1. The van der Waals surface area contributed by atoms with Crippen molar-refractivity contribution in [2.45, 2.75) is 32.6 Å². The zero-order valence-corrected chi connectivity index (χ0v) is 9.17. The molecule has 1 aromatic carbocycles. The molecule has 0 bridgehead atoms. The lowest BCUT2D eigenvalue weighted by Gasteiger charge is -2.25. The Morgan fingerprint density at radius 1 is 1.47 bits per heavy atom. The minimum atomic E-state index is -0.844. The van der Waals surface area contributed by atoms with E-state index in [9.17, 15) is 9.18 Å². The summed E-state index contributed by atoms with van der Waals surface area (Å²) in [7, 11) is 0. The van der Waals surface area contributed by atoms with Crippen LogP contribution in [0.1, 0.15) is 31.4 Å². The van der Waals surface area contributed by atoms with E-state index in [0.29, 0.717) is 0 Å². The van der Waals surface area contributed by atoms with Gasteiger partial charge in [-0.3, -0.25) is 4.79 Å². The Morgan fingerprint density at radius 2 is 2.07 bits per heavy atom. The summed E-state index contributed by atoms with van der Waals surface area (Å²) in [5.74, 6) is -1.13. The number of halogens is 1. The molecule has 82 valence electrons. The van der Waals surface area contributed by atoms with Crippen LogP contribution in [-0.2, 0) is 10.2 Å². The predicted octanol–water partition coefficient (Wildman–Crippen LogP) is 2.89. The maximum Gasteiger partial charge on any atom is 0.304 e. The van der Waals surface area contributed by atoms with Gasteiger partial charge in [0.05, 0.1) is 6.42 Å². The Morgan fingerprint density at radius 3 is 2.53 bits per heavy atom. The van der Waals surface area contributed by atoms with E-state index in [0.717, 1.165) is 11.1 Å². The molecule has 1 rings (SSSR count). The molecule has 3 heteroatoms. The van der Waals surface area contributed by atoms with Gasteiger partial charge in [-0.15, -0.1) is 0 Å². The van der Waals surface area contributed by atoms with E-state index in [1.807, 2.05) is 13.8 Å². The van der Waals surface area contributed by atoms with Gasteiger partial charge in [-0.05, 0) is 30.2 Å². The first-order chi connectivity index (χ1) is 6.83. The smallest absolute Gasteiger partial charge is 0.304 e. The Hall–Kier alpha value is -1.38. The van der Waals surface area contributed by atoms with Crippen molar-refractivity contribution in [3.8, 4) is 0 Å². The van der Waals surface area contributed by atoms with Gasteiger partial charge in [-0.25, -0.2) is 4.39 Å². The highest BCUT2D eigenvalue weighted by Gasteiger charge is 2.25. The summed E-state index contributed by atoms with van der Waals surface area (Å²) < 4.78 is 12.9. The summed E-state index contributed by atoms with van der Waals surface area (Å²) in [6.07, 6.45) is 0.0411. The molecule has 0 aromatic heterocycles. The molecule has 0 heterocycles. The highest BCUT2D eigenvalue weighted by molar-refractivity contribution is 5.69. The molecular formula is C12H15FO2. The molecule has 0 amide bonds. The normalized spacial score (nSPS) is 11.5. The largest absolute Gasteiger partial charge is 0.481 e. The van der Waals surface area contributed by atoms with Crippen LogP contribution in [0.3, 0.4) is 0 Å². The number of aliphatic carboxylic acids is 1. The van der Waals surface area contributed by atoms with Crippen molar-refractivity contribution < 1.29 is 14.3 Å². The van der Waals surface area contributed by atoms with Gasteiger partial charge in [-0.1, -0.05) is 19.9 Å². The molecule has 0 aliphatic carbocycles. The van der Waals surface area contributed by atoms with Crippen molar-refractivity contribution >= 4 is 5.97 Å². The molecule has 2 nitrogen and oxygen atoms in total. The third-order valence-electron chi connectivity index (χ3n) is 2.51. The van der Waals surface area contributed by atoms with Crippen LogP contribution in [0.5, 0.6) is 0 Å². The highest BCUT2D eigenvalue weighted by Crippen LogP contribution is 2.29. The van der Waals surface area contributed by atoms with Gasteiger partial charge in [-0.2, -0.15) is 0 Å². The van der Waals surface area contributed by atoms with Gasteiger partial charge in [0.2, 0.25) is 0 Å². The van der Waals surface area contributed by atoms with Crippen LogP contribution < -0.4 is 0 Å². The zero-order valence-electron chi connectivity index (χ0n) is 9.17. The number of hydrogen-bond donors (Lipinski definition) is 1. The van der Waals surface area contributed by atoms with Crippen molar-refractivity contribution in [1.82, 2.24) is 0 Å². The summed E-state index contributed by atoms with van der Waals surface area (Å²) in [5, 5.41) is 8.78. The average molecular weight is 210 g/mol. The molecule has 15 heavy (non-hydrogen) atoms. The van der Waals surface area contributed by atoms with Gasteiger partial charge in [0.15, 0.2) is 0 Å². The molecule has 0 spiro atoms. The van der Waals surface area contributed by atoms with Gasteiger partial charge in [0, 0.05) is 5.41 Å². The predicted molar refractivity (Wildman–Crippen MR) is 56.4 cm³/mol. The molecule has 1 aromatic rings. The van der Waals surface area contributed by atoms with Crippen molar-refractivity contribution in [3.63, 3.8) is 0 Å². The lowest BCUT2D eigenvalue weighted by Crippen LogP contribution is -2.22. The second kappa shape index (κ2) is 4.01. The second-order valence-electron chi connectivity index (χ2n) is 4.41. The Balaban J connectivity index is 3.09. The zero-order chi connectivity index (χ0) is 11.6. The monoisotopic (exact) mass is 210 g/mol. The molecule has 0 radical (unpaired) electrons. The fourth-order valence-corrected chi connectivity index (χ4v) is 1.86. The molecule has 0 unspecified atom stereocenters. The molecule has 0 aliphatic heterocycles. The SMILES string of the molecule is Cc1cc(F)ccc1C(C)(C)CC(=O)O. The van der Waals surface area contributed by atoms with E-state index in [4.69, 9.17) is 5.11 Å². The summed E-state index contributed by atoms with van der Waals surface area (Å²) in [4.78, 5) is 10.7. The van der Waals surface area contributed by atoms with Crippen LogP contribution in [-0.4, -0.2) is 11.1 Å². The maximum absolute atomic E-state index is 12.9. The van der Waals surface area contributed by atoms with E-state index < -0.39 is 11.4 Å². The maximum atomic E-state index is 12.9. The van der Waals surface area contributed by atoms with Gasteiger partial charge < -0.3 is 5.11 Å².